The molecular weight excluding hydrogens is 292 g/mol. The van der Waals surface area contributed by atoms with E-state index in [1.807, 2.05) is 37.3 Å². The normalized spacial score (nSPS) is 10.4. The summed E-state index contributed by atoms with van der Waals surface area (Å²) in [4.78, 5) is 4.34. The Hall–Kier alpha value is -1.39. The molecule has 1 aromatic heterocycles. The Bertz CT molecular complexity index is 543. The summed E-state index contributed by atoms with van der Waals surface area (Å²) < 4.78 is 6.19. The van der Waals surface area contributed by atoms with Crippen LogP contribution in [-0.4, -0.2) is 12.1 Å². The number of hydrogen-bond acceptors (Lipinski definition) is 3. The fourth-order valence-electron chi connectivity index (χ4n) is 1.67. The van der Waals surface area contributed by atoms with E-state index in [0.717, 1.165) is 27.1 Å². The molecule has 18 heavy (non-hydrogen) atoms. The molecule has 0 aliphatic rings. The summed E-state index contributed by atoms with van der Waals surface area (Å²) in [6.45, 7) is 2.62. The number of aromatic nitrogens is 1. The summed E-state index contributed by atoms with van der Waals surface area (Å²) in [6, 6.07) is 10.1. The summed E-state index contributed by atoms with van der Waals surface area (Å²) in [5.41, 5.74) is 3.28. The quantitative estimate of drug-likeness (QED) is 0.925. The lowest BCUT2D eigenvalue weighted by Crippen LogP contribution is -1.99. The molecule has 3 nitrogen and oxygen atoms in total. The number of para-hydroxylation sites is 1. The van der Waals surface area contributed by atoms with Crippen LogP contribution in [0.25, 0.3) is 0 Å². The lowest BCUT2D eigenvalue weighted by molar-refractivity contribution is 0.185. The highest BCUT2D eigenvalue weighted by Crippen LogP contribution is 2.23. The third kappa shape index (κ3) is 3.09. The number of halogens is 1. The molecule has 2 aromatic rings. The standard InChI is InChI=1S/C14H15BrN2O/c1-10-7-14(16-8-12(10)15)17-13-6-4-3-5-11(13)9-18-2/h3-8H,9H2,1-2H3,(H,16,17). The van der Waals surface area contributed by atoms with Crippen LogP contribution in [0.15, 0.2) is 41.0 Å². The minimum Gasteiger partial charge on any atom is -0.380 e. The Morgan fingerprint density at radius 1 is 1.33 bits per heavy atom. The largest absolute Gasteiger partial charge is 0.380 e. The zero-order chi connectivity index (χ0) is 13.0. The number of anilines is 2. The van der Waals surface area contributed by atoms with Crippen molar-refractivity contribution < 1.29 is 4.74 Å². The maximum absolute atomic E-state index is 5.18. The van der Waals surface area contributed by atoms with Gasteiger partial charge in [-0.3, -0.25) is 0 Å². The fourth-order valence-corrected chi connectivity index (χ4v) is 1.89. The maximum atomic E-state index is 5.18. The van der Waals surface area contributed by atoms with Gasteiger partial charge >= 0.3 is 0 Å². The van der Waals surface area contributed by atoms with E-state index >= 15 is 0 Å². The van der Waals surface area contributed by atoms with Crippen LogP contribution in [0.5, 0.6) is 0 Å². The number of rotatable bonds is 4. The number of methoxy groups -OCH3 is 1. The molecule has 0 atom stereocenters. The molecule has 1 N–H and O–H groups in total. The summed E-state index contributed by atoms with van der Waals surface area (Å²) >= 11 is 3.44. The fraction of sp³-hybridized carbons (Fsp3) is 0.214. The highest BCUT2D eigenvalue weighted by Gasteiger charge is 2.03. The van der Waals surface area contributed by atoms with E-state index in [0.29, 0.717) is 6.61 Å². The summed E-state index contributed by atoms with van der Waals surface area (Å²) in [6.07, 6.45) is 1.80. The first-order valence-electron chi connectivity index (χ1n) is 5.66. The first-order chi connectivity index (χ1) is 8.70. The van der Waals surface area contributed by atoms with E-state index in [1.165, 1.54) is 0 Å². The highest BCUT2D eigenvalue weighted by atomic mass is 79.9. The molecule has 0 spiro atoms. The molecule has 4 heteroatoms. The van der Waals surface area contributed by atoms with Gasteiger partial charge in [-0.25, -0.2) is 4.98 Å². The van der Waals surface area contributed by atoms with Crippen molar-refractivity contribution in [2.75, 3.05) is 12.4 Å². The molecule has 0 radical (unpaired) electrons. The van der Waals surface area contributed by atoms with Gasteiger partial charge in [0.1, 0.15) is 5.82 Å². The van der Waals surface area contributed by atoms with Crippen LogP contribution in [0, 0.1) is 6.92 Å². The molecule has 0 amide bonds. The van der Waals surface area contributed by atoms with Gasteiger partial charge in [0.25, 0.3) is 0 Å². The summed E-state index contributed by atoms with van der Waals surface area (Å²) in [5, 5.41) is 3.31. The van der Waals surface area contributed by atoms with Crippen LogP contribution in [-0.2, 0) is 11.3 Å². The topological polar surface area (TPSA) is 34.1 Å². The molecule has 0 aliphatic carbocycles. The number of aryl methyl sites for hydroxylation is 1. The third-order valence-electron chi connectivity index (χ3n) is 2.63. The molecule has 0 aliphatic heterocycles. The molecule has 2 rings (SSSR count). The predicted molar refractivity (Wildman–Crippen MR) is 77.1 cm³/mol. The molecule has 0 bridgehead atoms. The van der Waals surface area contributed by atoms with Crippen LogP contribution in [0.1, 0.15) is 11.1 Å². The van der Waals surface area contributed by atoms with Gasteiger partial charge in [0.2, 0.25) is 0 Å². The smallest absolute Gasteiger partial charge is 0.130 e. The van der Waals surface area contributed by atoms with Crippen LogP contribution in [0.3, 0.4) is 0 Å². The van der Waals surface area contributed by atoms with Gasteiger partial charge in [-0.2, -0.15) is 0 Å². The van der Waals surface area contributed by atoms with Crippen molar-refractivity contribution in [3.8, 4) is 0 Å². The highest BCUT2D eigenvalue weighted by molar-refractivity contribution is 9.10. The van der Waals surface area contributed by atoms with Gasteiger partial charge in [0.15, 0.2) is 0 Å². The van der Waals surface area contributed by atoms with Gasteiger partial charge in [-0.05, 0) is 40.5 Å². The molecule has 0 fully saturated rings. The summed E-state index contributed by atoms with van der Waals surface area (Å²) in [5.74, 6) is 0.833. The minimum atomic E-state index is 0.582. The van der Waals surface area contributed by atoms with Crippen molar-refractivity contribution in [2.24, 2.45) is 0 Å². The first-order valence-corrected chi connectivity index (χ1v) is 6.46. The lowest BCUT2D eigenvalue weighted by atomic mass is 10.2. The second-order valence-electron chi connectivity index (χ2n) is 4.03. The van der Waals surface area contributed by atoms with Gasteiger partial charge in [-0.15, -0.1) is 0 Å². The second-order valence-corrected chi connectivity index (χ2v) is 4.89. The SMILES string of the molecule is COCc1ccccc1Nc1cc(C)c(Br)cn1. The molecule has 1 aromatic carbocycles. The Morgan fingerprint density at radius 3 is 2.83 bits per heavy atom. The number of benzene rings is 1. The van der Waals surface area contributed by atoms with E-state index < -0.39 is 0 Å². The van der Waals surface area contributed by atoms with Crippen molar-refractivity contribution in [2.45, 2.75) is 13.5 Å². The first kappa shape index (κ1) is 13.1. The zero-order valence-electron chi connectivity index (χ0n) is 10.4. The monoisotopic (exact) mass is 306 g/mol. The van der Waals surface area contributed by atoms with E-state index in [-0.39, 0.29) is 0 Å². The molecule has 1 heterocycles. The molecular formula is C14H15BrN2O. The maximum Gasteiger partial charge on any atom is 0.130 e. The van der Waals surface area contributed by atoms with Gasteiger partial charge in [0.05, 0.1) is 6.61 Å². The average molecular weight is 307 g/mol. The van der Waals surface area contributed by atoms with Crippen LogP contribution in [0.4, 0.5) is 11.5 Å². The lowest BCUT2D eigenvalue weighted by Gasteiger charge is -2.11. The van der Waals surface area contributed by atoms with E-state index in [4.69, 9.17) is 4.74 Å². The number of nitrogens with one attached hydrogen (secondary N) is 1. The van der Waals surface area contributed by atoms with E-state index in [1.54, 1.807) is 13.3 Å². The Morgan fingerprint density at radius 2 is 2.11 bits per heavy atom. The zero-order valence-corrected chi connectivity index (χ0v) is 12.0. The molecule has 0 saturated carbocycles. The predicted octanol–water partition coefficient (Wildman–Crippen LogP) is 4.04. The Balaban J connectivity index is 2.25. The van der Waals surface area contributed by atoms with E-state index in [2.05, 4.69) is 26.2 Å². The molecule has 0 saturated heterocycles. The van der Waals surface area contributed by atoms with Gasteiger partial charge < -0.3 is 10.1 Å². The van der Waals surface area contributed by atoms with Gasteiger partial charge in [-0.1, -0.05) is 18.2 Å². The number of nitrogens with zero attached hydrogens (tertiary/aromatic N) is 1. The Kier molecular flexibility index (Phi) is 4.33. The number of ether oxygens (including phenoxy) is 1. The number of hydrogen-bond donors (Lipinski definition) is 1. The number of pyridine rings is 1. The second kappa shape index (κ2) is 5.98. The van der Waals surface area contributed by atoms with Crippen LogP contribution >= 0.6 is 15.9 Å². The van der Waals surface area contributed by atoms with Crippen LogP contribution < -0.4 is 5.32 Å². The summed E-state index contributed by atoms with van der Waals surface area (Å²) in [7, 11) is 1.69. The van der Waals surface area contributed by atoms with Gasteiger partial charge in [0, 0.05) is 29.0 Å². The minimum absolute atomic E-state index is 0.582. The van der Waals surface area contributed by atoms with Crippen molar-refractivity contribution in [1.29, 1.82) is 0 Å². The molecule has 0 unspecified atom stereocenters. The van der Waals surface area contributed by atoms with Crippen molar-refractivity contribution in [3.63, 3.8) is 0 Å². The Labute approximate surface area is 115 Å². The third-order valence-corrected chi connectivity index (χ3v) is 3.46. The van der Waals surface area contributed by atoms with Crippen molar-refractivity contribution >= 4 is 27.4 Å². The van der Waals surface area contributed by atoms with E-state index in [9.17, 15) is 0 Å². The van der Waals surface area contributed by atoms with Crippen molar-refractivity contribution in [3.05, 3.63) is 52.1 Å². The molecule has 94 valence electrons. The van der Waals surface area contributed by atoms with Crippen LogP contribution in [0.2, 0.25) is 0 Å². The average Bonchev–Trinajstić information content (AvgIpc) is 2.37. The van der Waals surface area contributed by atoms with Crippen molar-refractivity contribution in [1.82, 2.24) is 4.98 Å².